The number of ether oxygens (including phenoxy) is 1. The van der Waals surface area contributed by atoms with E-state index >= 15 is 0 Å². The van der Waals surface area contributed by atoms with Crippen molar-refractivity contribution in [2.24, 2.45) is 11.7 Å². The molecule has 3 heteroatoms. The molecule has 0 aromatic heterocycles. The quantitative estimate of drug-likeness (QED) is 0.642. The molecule has 2 unspecified atom stereocenters. The molecule has 0 aromatic carbocycles. The highest BCUT2D eigenvalue weighted by Gasteiger charge is 2.31. The molecule has 1 heterocycles. The summed E-state index contributed by atoms with van der Waals surface area (Å²) in [5.41, 5.74) is 5.26. The van der Waals surface area contributed by atoms with Gasteiger partial charge in [-0.2, -0.15) is 0 Å². The van der Waals surface area contributed by atoms with Gasteiger partial charge in [0.1, 0.15) is 0 Å². The number of rotatable bonds is 3. The molecule has 3 nitrogen and oxygen atoms in total. The summed E-state index contributed by atoms with van der Waals surface area (Å²) in [5, 5.41) is 0. The SMILES string of the molecule is CCC1OCCC1C(=O)CN. The van der Waals surface area contributed by atoms with E-state index in [9.17, 15) is 4.79 Å². The maximum atomic E-state index is 11.2. The Morgan fingerprint density at radius 3 is 3.00 bits per heavy atom. The van der Waals surface area contributed by atoms with Gasteiger partial charge >= 0.3 is 0 Å². The summed E-state index contributed by atoms with van der Waals surface area (Å²) in [6.07, 6.45) is 1.90. The van der Waals surface area contributed by atoms with Crippen LogP contribution in [-0.2, 0) is 9.53 Å². The van der Waals surface area contributed by atoms with Gasteiger partial charge in [-0.05, 0) is 12.8 Å². The summed E-state index contributed by atoms with van der Waals surface area (Å²) in [7, 11) is 0. The van der Waals surface area contributed by atoms with Crippen molar-refractivity contribution in [2.45, 2.75) is 25.9 Å². The molecule has 1 fully saturated rings. The Morgan fingerprint density at radius 2 is 2.45 bits per heavy atom. The molecule has 1 saturated heterocycles. The fraction of sp³-hybridized carbons (Fsp3) is 0.875. The summed E-state index contributed by atoms with van der Waals surface area (Å²) < 4.78 is 5.36. The zero-order chi connectivity index (χ0) is 8.27. The summed E-state index contributed by atoms with van der Waals surface area (Å²) >= 11 is 0. The van der Waals surface area contributed by atoms with Gasteiger partial charge in [-0.1, -0.05) is 6.92 Å². The second-order valence-electron chi connectivity index (χ2n) is 2.88. The second-order valence-corrected chi connectivity index (χ2v) is 2.88. The van der Waals surface area contributed by atoms with Crippen LogP contribution in [0, 0.1) is 5.92 Å². The molecular weight excluding hydrogens is 142 g/mol. The van der Waals surface area contributed by atoms with E-state index in [1.54, 1.807) is 0 Å². The third-order valence-electron chi connectivity index (χ3n) is 2.23. The number of ketones is 1. The highest BCUT2D eigenvalue weighted by Crippen LogP contribution is 2.23. The summed E-state index contributed by atoms with van der Waals surface area (Å²) in [6.45, 7) is 2.91. The van der Waals surface area contributed by atoms with Crippen molar-refractivity contribution in [2.75, 3.05) is 13.2 Å². The van der Waals surface area contributed by atoms with E-state index in [4.69, 9.17) is 10.5 Å². The number of carbonyl (C=O) groups is 1. The molecule has 0 saturated carbocycles. The summed E-state index contributed by atoms with van der Waals surface area (Å²) in [6, 6.07) is 0. The van der Waals surface area contributed by atoms with Crippen LogP contribution in [-0.4, -0.2) is 25.0 Å². The molecule has 0 amide bonds. The smallest absolute Gasteiger partial charge is 0.152 e. The first-order chi connectivity index (χ1) is 5.29. The van der Waals surface area contributed by atoms with Crippen LogP contribution in [0.3, 0.4) is 0 Å². The van der Waals surface area contributed by atoms with Gasteiger partial charge in [0.15, 0.2) is 5.78 Å². The topological polar surface area (TPSA) is 52.3 Å². The van der Waals surface area contributed by atoms with Gasteiger partial charge in [0.05, 0.1) is 12.6 Å². The fourth-order valence-electron chi connectivity index (χ4n) is 1.57. The van der Waals surface area contributed by atoms with Crippen molar-refractivity contribution in [1.29, 1.82) is 0 Å². The number of carbonyl (C=O) groups excluding carboxylic acids is 1. The molecule has 11 heavy (non-hydrogen) atoms. The van der Waals surface area contributed by atoms with Crippen LogP contribution >= 0.6 is 0 Å². The molecule has 0 bridgehead atoms. The van der Waals surface area contributed by atoms with Gasteiger partial charge in [-0.25, -0.2) is 0 Å². The molecule has 0 aliphatic carbocycles. The second kappa shape index (κ2) is 3.83. The van der Waals surface area contributed by atoms with Gasteiger partial charge in [-0.15, -0.1) is 0 Å². The highest BCUT2D eigenvalue weighted by atomic mass is 16.5. The normalized spacial score (nSPS) is 30.7. The van der Waals surface area contributed by atoms with Crippen LogP contribution in [0.2, 0.25) is 0 Å². The maximum absolute atomic E-state index is 11.2. The standard InChI is InChI=1S/C8H15NO2/c1-2-8-6(3-4-11-8)7(10)5-9/h6,8H,2-5,9H2,1H3. The lowest BCUT2D eigenvalue weighted by molar-refractivity contribution is -0.123. The first-order valence-electron chi connectivity index (χ1n) is 4.14. The van der Waals surface area contributed by atoms with Crippen LogP contribution < -0.4 is 5.73 Å². The number of hydrogen-bond acceptors (Lipinski definition) is 3. The minimum Gasteiger partial charge on any atom is -0.377 e. The van der Waals surface area contributed by atoms with Gasteiger partial charge in [-0.3, -0.25) is 4.79 Å². The van der Waals surface area contributed by atoms with Gasteiger partial charge in [0.25, 0.3) is 0 Å². The Morgan fingerprint density at radius 1 is 1.73 bits per heavy atom. The first kappa shape index (κ1) is 8.68. The predicted molar refractivity (Wildman–Crippen MR) is 42.2 cm³/mol. The minimum absolute atomic E-state index is 0.0741. The van der Waals surface area contributed by atoms with E-state index < -0.39 is 0 Å². The maximum Gasteiger partial charge on any atom is 0.152 e. The lowest BCUT2D eigenvalue weighted by Gasteiger charge is -2.13. The molecule has 1 rings (SSSR count). The summed E-state index contributed by atoms with van der Waals surface area (Å²) in [4.78, 5) is 11.2. The van der Waals surface area contributed by atoms with E-state index in [2.05, 4.69) is 0 Å². The van der Waals surface area contributed by atoms with Crippen molar-refractivity contribution >= 4 is 5.78 Å². The molecule has 64 valence electrons. The van der Waals surface area contributed by atoms with Crippen molar-refractivity contribution in [3.05, 3.63) is 0 Å². The lowest BCUT2D eigenvalue weighted by atomic mass is 9.95. The van der Waals surface area contributed by atoms with Crippen LogP contribution in [0.15, 0.2) is 0 Å². The Bertz CT molecular complexity index is 147. The van der Waals surface area contributed by atoms with Crippen LogP contribution in [0.25, 0.3) is 0 Å². The first-order valence-corrected chi connectivity index (χ1v) is 4.14. The minimum atomic E-state index is 0.0741. The predicted octanol–water partition coefficient (Wildman–Crippen LogP) is 0.329. The zero-order valence-electron chi connectivity index (χ0n) is 6.88. The average molecular weight is 157 g/mol. The van der Waals surface area contributed by atoms with Gasteiger partial charge in [0.2, 0.25) is 0 Å². The Labute approximate surface area is 66.9 Å². The Balaban J connectivity index is 2.49. The monoisotopic (exact) mass is 157 g/mol. The highest BCUT2D eigenvalue weighted by molar-refractivity contribution is 5.83. The Hall–Kier alpha value is -0.410. The third-order valence-corrected chi connectivity index (χ3v) is 2.23. The largest absolute Gasteiger partial charge is 0.377 e. The van der Waals surface area contributed by atoms with Crippen LogP contribution in [0.1, 0.15) is 19.8 Å². The van der Waals surface area contributed by atoms with Crippen molar-refractivity contribution < 1.29 is 9.53 Å². The lowest BCUT2D eigenvalue weighted by Crippen LogP contribution is -2.29. The fourth-order valence-corrected chi connectivity index (χ4v) is 1.57. The van der Waals surface area contributed by atoms with Gasteiger partial charge < -0.3 is 10.5 Å². The van der Waals surface area contributed by atoms with Crippen LogP contribution in [0.5, 0.6) is 0 Å². The van der Waals surface area contributed by atoms with Crippen molar-refractivity contribution in [3.63, 3.8) is 0 Å². The van der Waals surface area contributed by atoms with E-state index in [0.717, 1.165) is 19.4 Å². The summed E-state index contributed by atoms with van der Waals surface area (Å²) in [5.74, 6) is 0.222. The molecule has 0 radical (unpaired) electrons. The molecule has 1 aliphatic rings. The van der Waals surface area contributed by atoms with E-state index in [1.807, 2.05) is 6.92 Å². The van der Waals surface area contributed by atoms with E-state index in [1.165, 1.54) is 0 Å². The van der Waals surface area contributed by atoms with E-state index in [0.29, 0.717) is 0 Å². The average Bonchev–Trinajstić information content (AvgIpc) is 2.50. The molecule has 0 aromatic rings. The third kappa shape index (κ3) is 1.79. The van der Waals surface area contributed by atoms with Gasteiger partial charge in [0, 0.05) is 12.5 Å². The molecular formula is C8H15NO2. The molecule has 0 spiro atoms. The number of nitrogens with two attached hydrogens (primary N) is 1. The number of hydrogen-bond donors (Lipinski definition) is 1. The van der Waals surface area contributed by atoms with Crippen LogP contribution in [0.4, 0.5) is 0 Å². The molecule has 1 aliphatic heterocycles. The zero-order valence-corrected chi connectivity index (χ0v) is 6.88. The molecule has 2 N–H and O–H groups in total. The molecule has 2 atom stereocenters. The van der Waals surface area contributed by atoms with E-state index in [-0.39, 0.29) is 24.3 Å². The van der Waals surface area contributed by atoms with Crippen molar-refractivity contribution in [3.8, 4) is 0 Å². The van der Waals surface area contributed by atoms with Crippen molar-refractivity contribution in [1.82, 2.24) is 0 Å². The Kier molecular flexibility index (Phi) is 3.02. The number of Topliss-reactive ketones (excluding diaryl/α,β-unsaturated/α-hetero) is 1.